The number of aromatic nitrogens is 2. The number of alkyl halides is 3. The molecule has 1 aromatic heterocycles. The van der Waals surface area contributed by atoms with Crippen LogP contribution in [0, 0.1) is 0 Å². The van der Waals surface area contributed by atoms with Crippen molar-refractivity contribution in [3.05, 3.63) is 48.5 Å². The molecule has 0 aliphatic carbocycles. The third-order valence-corrected chi connectivity index (χ3v) is 4.08. The van der Waals surface area contributed by atoms with E-state index in [0.29, 0.717) is 46.8 Å². The lowest BCUT2D eigenvalue weighted by Crippen LogP contribution is -2.17. The molecule has 0 spiro atoms. The van der Waals surface area contributed by atoms with Crippen LogP contribution in [0.2, 0.25) is 0 Å². The van der Waals surface area contributed by atoms with Gasteiger partial charge in [0.2, 0.25) is 5.95 Å². The Bertz CT molecular complexity index is 1040. The molecular weight excluding hydrogens is 413 g/mol. The van der Waals surface area contributed by atoms with Crippen LogP contribution in [0.15, 0.2) is 48.5 Å². The molecule has 0 saturated heterocycles. The van der Waals surface area contributed by atoms with Gasteiger partial charge >= 0.3 is 6.36 Å². The molecule has 3 rings (SSSR count). The second-order valence-corrected chi connectivity index (χ2v) is 6.26. The number of anilines is 3. The van der Waals surface area contributed by atoms with Gasteiger partial charge in [-0.2, -0.15) is 4.98 Å². The van der Waals surface area contributed by atoms with Gasteiger partial charge in [-0.1, -0.05) is 12.1 Å². The van der Waals surface area contributed by atoms with Crippen LogP contribution in [0.25, 0.3) is 11.3 Å². The maximum Gasteiger partial charge on any atom is 0.573 e. The van der Waals surface area contributed by atoms with Gasteiger partial charge in [-0.15, -0.1) is 13.2 Å². The molecule has 1 heterocycles. The monoisotopic (exact) mass is 434 g/mol. The Morgan fingerprint density at radius 3 is 2.39 bits per heavy atom. The van der Waals surface area contributed by atoms with Crippen molar-refractivity contribution in [3.8, 4) is 28.5 Å². The van der Waals surface area contributed by atoms with E-state index in [1.165, 1.54) is 25.3 Å². The third kappa shape index (κ3) is 5.91. The van der Waals surface area contributed by atoms with Crippen LogP contribution < -0.4 is 24.8 Å². The minimum atomic E-state index is -4.78. The smallest absolute Gasteiger partial charge is 0.493 e. The summed E-state index contributed by atoms with van der Waals surface area (Å²) in [4.78, 5) is 8.80. The minimum absolute atomic E-state index is 0.324. The van der Waals surface area contributed by atoms with E-state index >= 15 is 0 Å². The molecule has 0 radical (unpaired) electrons. The quantitative estimate of drug-likeness (QED) is 0.502. The fraction of sp³-hybridized carbons (Fsp3) is 0.238. The zero-order valence-electron chi connectivity index (χ0n) is 17.1. The number of nitrogens with one attached hydrogen (secondary N) is 2. The van der Waals surface area contributed by atoms with E-state index in [0.717, 1.165) is 0 Å². The van der Waals surface area contributed by atoms with E-state index in [9.17, 15) is 13.2 Å². The fourth-order valence-electron chi connectivity index (χ4n) is 2.81. The summed E-state index contributed by atoms with van der Waals surface area (Å²) in [6.45, 7) is 2.45. The first kappa shape index (κ1) is 22.0. The van der Waals surface area contributed by atoms with Crippen LogP contribution in [0.4, 0.5) is 30.6 Å². The standard InChI is InChI=1S/C21H21F3N4O3/c1-4-25-20-27-16(13-6-5-7-15(10-13)31-21(22,23)24)12-19(28-20)26-14-8-9-17(29-2)18(11-14)30-3/h5-12H,4H2,1-3H3,(H2,25,26,27,28). The average Bonchev–Trinajstić information content (AvgIpc) is 2.72. The summed E-state index contributed by atoms with van der Waals surface area (Å²) < 4.78 is 52.3. The van der Waals surface area contributed by atoms with Crippen molar-refractivity contribution in [3.63, 3.8) is 0 Å². The van der Waals surface area contributed by atoms with E-state index in [4.69, 9.17) is 9.47 Å². The molecule has 0 amide bonds. The van der Waals surface area contributed by atoms with Gasteiger partial charge in [-0.3, -0.25) is 0 Å². The third-order valence-electron chi connectivity index (χ3n) is 4.08. The lowest BCUT2D eigenvalue weighted by atomic mass is 10.1. The van der Waals surface area contributed by atoms with E-state index in [-0.39, 0.29) is 5.75 Å². The van der Waals surface area contributed by atoms with Crippen molar-refractivity contribution in [2.45, 2.75) is 13.3 Å². The van der Waals surface area contributed by atoms with Gasteiger partial charge < -0.3 is 24.8 Å². The van der Waals surface area contributed by atoms with Gasteiger partial charge in [-0.05, 0) is 31.2 Å². The summed E-state index contributed by atoms with van der Waals surface area (Å²) in [6.07, 6.45) is -4.78. The van der Waals surface area contributed by atoms with Gasteiger partial charge in [0.1, 0.15) is 11.6 Å². The van der Waals surface area contributed by atoms with Crippen molar-refractivity contribution in [2.24, 2.45) is 0 Å². The van der Waals surface area contributed by atoms with E-state index in [1.54, 1.807) is 37.4 Å². The minimum Gasteiger partial charge on any atom is -0.493 e. The molecule has 2 aromatic carbocycles. The molecule has 164 valence electrons. The highest BCUT2D eigenvalue weighted by molar-refractivity contribution is 5.69. The highest BCUT2D eigenvalue weighted by Crippen LogP contribution is 2.32. The summed E-state index contributed by atoms with van der Waals surface area (Å²) >= 11 is 0. The first-order chi connectivity index (χ1) is 14.8. The normalized spacial score (nSPS) is 11.0. The molecule has 31 heavy (non-hydrogen) atoms. The van der Waals surface area contributed by atoms with Gasteiger partial charge in [-0.25, -0.2) is 4.98 Å². The van der Waals surface area contributed by atoms with Crippen LogP contribution in [-0.2, 0) is 0 Å². The highest BCUT2D eigenvalue weighted by Gasteiger charge is 2.31. The first-order valence-electron chi connectivity index (χ1n) is 9.29. The number of rotatable bonds is 8. The molecule has 0 atom stereocenters. The lowest BCUT2D eigenvalue weighted by Gasteiger charge is -2.14. The van der Waals surface area contributed by atoms with Gasteiger partial charge in [0.15, 0.2) is 11.5 Å². The molecule has 7 nitrogen and oxygen atoms in total. The number of hydrogen-bond acceptors (Lipinski definition) is 7. The zero-order valence-corrected chi connectivity index (χ0v) is 17.1. The van der Waals surface area contributed by atoms with Crippen LogP contribution in [0.1, 0.15) is 6.92 Å². The molecule has 0 aliphatic heterocycles. The lowest BCUT2D eigenvalue weighted by molar-refractivity contribution is -0.274. The summed E-state index contributed by atoms with van der Waals surface area (Å²) in [5, 5.41) is 6.17. The van der Waals surface area contributed by atoms with Crippen LogP contribution >= 0.6 is 0 Å². The molecule has 0 aliphatic rings. The summed E-state index contributed by atoms with van der Waals surface area (Å²) in [5.41, 5.74) is 1.54. The highest BCUT2D eigenvalue weighted by atomic mass is 19.4. The predicted molar refractivity (Wildman–Crippen MR) is 111 cm³/mol. The summed E-state index contributed by atoms with van der Waals surface area (Å²) in [6, 6.07) is 12.5. The van der Waals surface area contributed by atoms with Crippen molar-refractivity contribution in [2.75, 3.05) is 31.4 Å². The topological polar surface area (TPSA) is 77.5 Å². The van der Waals surface area contributed by atoms with Crippen molar-refractivity contribution in [1.29, 1.82) is 0 Å². The summed E-state index contributed by atoms with van der Waals surface area (Å²) in [5.74, 6) is 1.54. The number of nitrogens with zero attached hydrogens (tertiary/aromatic N) is 2. The first-order valence-corrected chi connectivity index (χ1v) is 9.29. The molecule has 0 unspecified atom stereocenters. The number of halogens is 3. The van der Waals surface area contributed by atoms with E-state index in [1.807, 2.05) is 6.92 Å². The number of benzene rings is 2. The summed E-state index contributed by atoms with van der Waals surface area (Å²) in [7, 11) is 3.07. The van der Waals surface area contributed by atoms with Gasteiger partial charge in [0, 0.05) is 29.9 Å². The molecule has 3 aromatic rings. The largest absolute Gasteiger partial charge is 0.573 e. The second-order valence-electron chi connectivity index (χ2n) is 6.26. The molecule has 2 N–H and O–H groups in total. The Kier molecular flexibility index (Phi) is 6.68. The Morgan fingerprint density at radius 1 is 0.935 bits per heavy atom. The maximum atomic E-state index is 12.6. The van der Waals surface area contributed by atoms with Crippen molar-refractivity contribution >= 4 is 17.5 Å². The zero-order chi connectivity index (χ0) is 22.4. The van der Waals surface area contributed by atoms with E-state index in [2.05, 4.69) is 25.3 Å². The van der Waals surface area contributed by atoms with Crippen LogP contribution in [0.3, 0.4) is 0 Å². The molecule has 0 bridgehead atoms. The SMILES string of the molecule is CCNc1nc(Nc2ccc(OC)c(OC)c2)cc(-c2cccc(OC(F)(F)F)c2)n1. The molecule has 0 saturated carbocycles. The average molecular weight is 434 g/mol. The Labute approximate surface area is 177 Å². The van der Waals surface area contributed by atoms with E-state index < -0.39 is 6.36 Å². The molecule has 0 fully saturated rings. The van der Waals surface area contributed by atoms with Crippen LogP contribution in [-0.4, -0.2) is 37.1 Å². The van der Waals surface area contributed by atoms with Gasteiger partial charge in [0.25, 0.3) is 0 Å². The van der Waals surface area contributed by atoms with Crippen molar-refractivity contribution in [1.82, 2.24) is 9.97 Å². The fourth-order valence-corrected chi connectivity index (χ4v) is 2.81. The molecule has 10 heteroatoms. The van der Waals surface area contributed by atoms with Crippen molar-refractivity contribution < 1.29 is 27.4 Å². The van der Waals surface area contributed by atoms with Gasteiger partial charge in [0.05, 0.1) is 19.9 Å². The number of hydrogen-bond donors (Lipinski definition) is 2. The van der Waals surface area contributed by atoms with Crippen LogP contribution in [0.5, 0.6) is 17.2 Å². The predicted octanol–water partition coefficient (Wildman–Crippen LogP) is 5.23. The number of methoxy groups -OCH3 is 2. The maximum absolute atomic E-state index is 12.6. The Morgan fingerprint density at radius 2 is 1.71 bits per heavy atom. The Balaban J connectivity index is 1.96. The molecular formula is C21H21F3N4O3. The number of ether oxygens (including phenoxy) is 3. The Hall–Kier alpha value is -3.69. The second kappa shape index (κ2) is 9.41.